The van der Waals surface area contributed by atoms with Crippen molar-refractivity contribution in [2.45, 2.75) is 59.4 Å². The summed E-state index contributed by atoms with van der Waals surface area (Å²) in [5, 5.41) is 7.72. The SMILES string of the molecule is Cc1cc(-c2ccccc2)n2ncc(C(=O)NC3CCC(C(C)(C)C)CC3)c2n1. The molecule has 1 amide bonds. The van der Waals surface area contributed by atoms with E-state index in [1.165, 1.54) is 12.8 Å². The van der Waals surface area contributed by atoms with Gasteiger partial charge in [0.05, 0.1) is 11.9 Å². The smallest absolute Gasteiger partial charge is 0.256 e. The number of aromatic nitrogens is 3. The topological polar surface area (TPSA) is 59.3 Å². The molecule has 2 heterocycles. The highest BCUT2D eigenvalue weighted by Crippen LogP contribution is 2.37. The highest BCUT2D eigenvalue weighted by molar-refractivity contribution is 6.00. The second-order valence-corrected chi connectivity index (χ2v) is 9.33. The Hall–Kier alpha value is -2.69. The molecule has 1 aliphatic rings. The average molecular weight is 391 g/mol. The molecule has 1 aliphatic carbocycles. The monoisotopic (exact) mass is 390 g/mol. The number of carbonyl (C=O) groups is 1. The minimum absolute atomic E-state index is 0.0729. The Balaban J connectivity index is 1.56. The summed E-state index contributed by atoms with van der Waals surface area (Å²) in [4.78, 5) is 17.6. The lowest BCUT2D eigenvalue weighted by Crippen LogP contribution is -2.39. The van der Waals surface area contributed by atoms with Gasteiger partial charge in [0, 0.05) is 17.3 Å². The molecule has 2 aromatic heterocycles. The Bertz CT molecular complexity index is 1010. The van der Waals surface area contributed by atoms with E-state index in [2.05, 4.69) is 36.2 Å². The molecule has 1 saturated carbocycles. The van der Waals surface area contributed by atoms with Gasteiger partial charge < -0.3 is 5.32 Å². The maximum absolute atomic E-state index is 13.0. The second-order valence-electron chi connectivity index (χ2n) is 9.33. The van der Waals surface area contributed by atoms with Gasteiger partial charge in [-0.25, -0.2) is 9.50 Å². The van der Waals surface area contributed by atoms with Crippen LogP contribution in [0.4, 0.5) is 0 Å². The van der Waals surface area contributed by atoms with Crippen LogP contribution in [0.25, 0.3) is 16.9 Å². The van der Waals surface area contributed by atoms with Gasteiger partial charge in [-0.1, -0.05) is 51.1 Å². The Morgan fingerprint density at radius 1 is 1.10 bits per heavy atom. The summed E-state index contributed by atoms with van der Waals surface area (Å²) in [5.74, 6) is 0.654. The number of carbonyl (C=O) groups excluding carboxylic acids is 1. The van der Waals surface area contributed by atoms with Crippen LogP contribution < -0.4 is 5.32 Å². The number of fused-ring (bicyclic) bond motifs is 1. The number of nitrogens with one attached hydrogen (secondary N) is 1. The Morgan fingerprint density at radius 3 is 2.45 bits per heavy atom. The average Bonchev–Trinajstić information content (AvgIpc) is 3.11. The molecule has 0 spiro atoms. The van der Waals surface area contributed by atoms with E-state index in [1.807, 2.05) is 43.3 Å². The van der Waals surface area contributed by atoms with Crippen molar-refractivity contribution in [3.05, 3.63) is 53.9 Å². The van der Waals surface area contributed by atoms with Crippen LogP contribution in [-0.2, 0) is 0 Å². The predicted octanol–water partition coefficient (Wildman–Crippen LogP) is 5.04. The third kappa shape index (κ3) is 4.04. The summed E-state index contributed by atoms with van der Waals surface area (Å²) in [6, 6.07) is 12.3. The third-order valence-corrected chi connectivity index (χ3v) is 6.20. The van der Waals surface area contributed by atoms with Crippen LogP contribution in [0.15, 0.2) is 42.6 Å². The van der Waals surface area contributed by atoms with Crippen LogP contribution in [0.1, 0.15) is 62.5 Å². The van der Waals surface area contributed by atoms with Gasteiger partial charge in [-0.2, -0.15) is 5.10 Å². The van der Waals surface area contributed by atoms with Crippen molar-refractivity contribution in [1.29, 1.82) is 0 Å². The first-order valence-corrected chi connectivity index (χ1v) is 10.5. The van der Waals surface area contributed by atoms with Crippen molar-refractivity contribution in [2.75, 3.05) is 0 Å². The van der Waals surface area contributed by atoms with Gasteiger partial charge in [0.15, 0.2) is 5.65 Å². The minimum atomic E-state index is -0.0729. The van der Waals surface area contributed by atoms with E-state index in [4.69, 9.17) is 0 Å². The number of benzene rings is 1. The van der Waals surface area contributed by atoms with Gasteiger partial charge in [-0.15, -0.1) is 0 Å². The summed E-state index contributed by atoms with van der Waals surface area (Å²) in [7, 11) is 0. The molecule has 1 aromatic carbocycles. The molecule has 0 radical (unpaired) electrons. The van der Waals surface area contributed by atoms with Crippen molar-refractivity contribution in [2.24, 2.45) is 11.3 Å². The van der Waals surface area contributed by atoms with E-state index in [-0.39, 0.29) is 11.9 Å². The second kappa shape index (κ2) is 7.62. The van der Waals surface area contributed by atoms with Gasteiger partial charge in [-0.05, 0) is 50.0 Å². The summed E-state index contributed by atoms with van der Waals surface area (Å²) >= 11 is 0. The predicted molar refractivity (Wildman–Crippen MR) is 116 cm³/mol. The number of nitrogens with zero attached hydrogens (tertiary/aromatic N) is 3. The zero-order valence-corrected chi connectivity index (χ0v) is 17.8. The first-order chi connectivity index (χ1) is 13.8. The molecule has 152 valence electrons. The molecule has 3 aromatic rings. The fourth-order valence-corrected chi connectivity index (χ4v) is 4.43. The number of hydrogen-bond donors (Lipinski definition) is 1. The third-order valence-electron chi connectivity index (χ3n) is 6.20. The molecule has 0 atom stereocenters. The Labute approximate surface area is 172 Å². The minimum Gasteiger partial charge on any atom is -0.349 e. The number of aryl methyl sites for hydroxylation is 1. The van der Waals surface area contributed by atoms with Crippen molar-refractivity contribution in [3.63, 3.8) is 0 Å². The summed E-state index contributed by atoms with van der Waals surface area (Å²) in [6.45, 7) is 8.89. The van der Waals surface area contributed by atoms with Crippen LogP contribution in [-0.4, -0.2) is 26.5 Å². The van der Waals surface area contributed by atoms with Gasteiger partial charge >= 0.3 is 0 Å². The lowest BCUT2D eigenvalue weighted by atomic mass is 9.71. The molecule has 0 unspecified atom stereocenters. The first-order valence-electron chi connectivity index (χ1n) is 10.5. The van der Waals surface area contributed by atoms with Crippen LogP contribution in [0.3, 0.4) is 0 Å². The fourth-order valence-electron chi connectivity index (χ4n) is 4.43. The van der Waals surface area contributed by atoms with Gasteiger partial charge in [0.25, 0.3) is 5.91 Å². The molecule has 29 heavy (non-hydrogen) atoms. The van der Waals surface area contributed by atoms with Gasteiger partial charge in [0.2, 0.25) is 0 Å². The van der Waals surface area contributed by atoms with Gasteiger partial charge in [0.1, 0.15) is 5.56 Å². The Morgan fingerprint density at radius 2 is 1.79 bits per heavy atom. The highest BCUT2D eigenvalue weighted by atomic mass is 16.1. The van der Waals surface area contributed by atoms with E-state index >= 15 is 0 Å². The summed E-state index contributed by atoms with van der Waals surface area (Å²) in [5.41, 5.74) is 4.37. The van der Waals surface area contributed by atoms with E-state index < -0.39 is 0 Å². The van der Waals surface area contributed by atoms with Crippen molar-refractivity contribution < 1.29 is 4.79 Å². The number of hydrogen-bond acceptors (Lipinski definition) is 3. The zero-order chi connectivity index (χ0) is 20.6. The van der Waals surface area contributed by atoms with Crippen LogP contribution >= 0.6 is 0 Å². The highest BCUT2D eigenvalue weighted by Gasteiger charge is 2.30. The van der Waals surface area contributed by atoms with Crippen LogP contribution in [0, 0.1) is 18.3 Å². The molecule has 1 N–H and O–H groups in total. The van der Waals surface area contributed by atoms with Crippen molar-refractivity contribution in [1.82, 2.24) is 19.9 Å². The van der Waals surface area contributed by atoms with E-state index in [9.17, 15) is 4.79 Å². The largest absolute Gasteiger partial charge is 0.349 e. The maximum Gasteiger partial charge on any atom is 0.256 e. The normalized spacial score (nSPS) is 20.0. The summed E-state index contributed by atoms with van der Waals surface area (Å²) < 4.78 is 1.77. The molecule has 5 nitrogen and oxygen atoms in total. The summed E-state index contributed by atoms with van der Waals surface area (Å²) in [6.07, 6.45) is 6.05. The Kier molecular flexibility index (Phi) is 5.15. The molecule has 5 heteroatoms. The van der Waals surface area contributed by atoms with Crippen LogP contribution in [0.5, 0.6) is 0 Å². The van der Waals surface area contributed by atoms with E-state index in [0.29, 0.717) is 16.6 Å². The first kappa shape index (κ1) is 19.6. The lowest BCUT2D eigenvalue weighted by molar-refractivity contribution is 0.0905. The molecule has 0 saturated heterocycles. The maximum atomic E-state index is 13.0. The van der Waals surface area contributed by atoms with Gasteiger partial charge in [-0.3, -0.25) is 4.79 Å². The molecule has 4 rings (SSSR count). The fraction of sp³-hybridized carbons (Fsp3) is 0.458. The molecule has 0 bridgehead atoms. The van der Waals surface area contributed by atoms with Crippen LogP contribution in [0.2, 0.25) is 0 Å². The lowest BCUT2D eigenvalue weighted by Gasteiger charge is -2.37. The molecule has 1 fully saturated rings. The zero-order valence-electron chi connectivity index (χ0n) is 17.8. The molecular weight excluding hydrogens is 360 g/mol. The van der Waals surface area contributed by atoms with Crippen molar-refractivity contribution in [3.8, 4) is 11.3 Å². The molecule has 0 aliphatic heterocycles. The number of rotatable bonds is 3. The van der Waals surface area contributed by atoms with E-state index in [1.54, 1.807) is 10.7 Å². The van der Waals surface area contributed by atoms with Crippen molar-refractivity contribution >= 4 is 11.6 Å². The van der Waals surface area contributed by atoms with E-state index in [0.717, 1.165) is 35.7 Å². The standard InChI is InChI=1S/C24H30N4O/c1-16-14-21(17-8-6-5-7-9-17)28-22(26-16)20(15-25-28)23(29)27-19-12-10-18(11-13-19)24(2,3)4/h5-9,14-15,18-19H,10-13H2,1-4H3,(H,27,29). The quantitative estimate of drug-likeness (QED) is 0.681. The molecular formula is C24H30N4O. The number of amides is 1.